The molecule has 6 nitrogen and oxygen atoms in total. The minimum atomic E-state index is -0.487. The maximum atomic E-state index is 12.7. The Kier molecular flexibility index (Phi) is 7.66. The summed E-state index contributed by atoms with van der Waals surface area (Å²) >= 11 is 0. The smallest absolute Gasteiger partial charge is 0.407 e. The Balaban J connectivity index is 1.75. The first-order valence-corrected chi connectivity index (χ1v) is 9.80. The molecule has 0 saturated carbocycles. The Bertz CT molecular complexity index is 605. The van der Waals surface area contributed by atoms with E-state index >= 15 is 0 Å². The number of hydrogen-bond acceptors (Lipinski definition) is 4. The molecule has 1 heterocycles. The molecule has 0 atom stereocenters. The van der Waals surface area contributed by atoms with Gasteiger partial charge in [-0.25, -0.2) is 4.79 Å². The molecule has 0 aliphatic carbocycles. The first-order valence-electron chi connectivity index (χ1n) is 9.80. The number of carbonyl (C=O) groups excluding carboxylic acids is 2. The van der Waals surface area contributed by atoms with Crippen LogP contribution in [0.2, 0.25) is 0 Å². The summed E-state index contributed by atoms with van der Waals surface area (Å²) in [5.41, 5.74) is 0.660. The number of likely N-dealkylation sites (tertiary alicyclic amines) is 1. The summed E-state index contributed by atoms with van der Waals surface area (Å²) in [5, 5.41) is 2.93. The van der Waals surface area contributed by atoms with E-state index in [9.17, 15) is 9.59 Å². The molecule has 0 bridgehead atoms. The monoisotopic (exact) mass is 375 g/mol. The second-order valence-electron chi connectivity index (χ2n) is 8.09. The molecule has 0 aromatic heterocycles. The van der Waals surface area contributed by atoms with E-state index in [4.69, 9.17) is 4.74 Å². The van der Waals surface area contributed by atoms with E-state index in [1.54, 1.807) is 0 Å². The number of hydrogen-bond donors (Lipinski definition) is 1. The lowest BCUT2D eigenvalue weighted by molar-refractivity contribution is -0.133. The van der Waals surface area contributed by atoms with E-state index < -0.39 is 5.60 Å². The molecule has 0 spiro atoms. The predicted octanol–water partition coefficient (Wildman–Crippen LogP) is 3.02. The standard InChI is InChI=1S/C21H33N3O3/c1-5-24(15-17-9-7-6-8-10-17)19(25)16-23-13-11-18(12-14-23)22-20(26)27-21(2,3)4/h6-10,18H,5,11-16H2,1-4H3,(H,22,26). The highest BCUT2D eigenvalue weighted by atomic mass is 16.6. The fourth-order valence-electron chi connectivity index (χ4n) is 3.18. The third kappa shape index (κ3) is 7.59. The lowest BCUT2D eigenvalue weighted by Crippen LogP contribution is -2.48. The predicted molar refractivity (Wildman–Crippen MR) is 106 cm³/mol. The fraction of sp³-hybridized carbons (Fsp3) is 0.619. The quantitative estimate of drug-likeness (QED) is 0.830. The summed E-state index contributed by atoms with van der Waals surface area (Å²) < 4.78 is 5.31. The van der Waals surface area contributed by atoms with Crippen LogP contribution in [0.25, 0.3) is 0 Å². The van der Waals surface area contributed by atoms with Gasteiger partial charge in [0.1, 0.15) is 5.60 Å². The largest absolute Gasteiger partial charge is 0.444 e. The number of benzene rings is 1. The van der Waals surface area contributed by atoms with E-state index in [0.29, 0.717) is 19.6 Å². The Morgan fingerprint density at radius 3 is 2.37 bits per heavy atom. The zero-order valence-corrected chi connectivity index (χ0v) is 17.0. The fourth-order valence-corrected chi connectivity index (χ4v) is 3.18. The summed E-state index contributed by atoms with van der Waals surface area (Å²) in [4.78, 5) is 28.6. The molecule has 6 heteroatoms. The topological polar surface area (TPSA) is 61.9 Å². The SMILES string of the molecule is CCN(Cc1ccccc1)C(=O)CN1CCC(NC(=O)OC(C)(C)C)CC1. The first-order chi connectivity index (χ1) is 12.8. The summed E-state index contributed by atoms with van der Waals surface area (Å²) in [5.74, 6) is 0.153. The summed E-state index contributed by atoms with van der Waals surface area (Å²) in [6, 6.07) is 10.2. The average Bonchev–Trinajstić information content (AvgIpc) is 2.60. The van der Waals surface area contributed by atoms with Crippen LogP contribution in [0.15, 0.2) is 30.3 Å². The van der Waals surface area contributed by atoms with Crippen LogP contribution in [0.3, 0.4) is 0 Å². The van der Waals surface area contributed by atoms with Crippen molar-refractivity contribution in [3.63, 3.8) is 0 Å². The minimum Gasteiger partial charge on any atom is -0.444 e. The third-order valence-corrected chi connectivity index (χ3v) is 4.62. The molecule has 1 aliphatic rings. The molecule has 2 rings (SSSR count). The zero-order valence-electron chi connectivity index (χ0n) is 17.0. The molecular weight excluding hydrogens is 342 g/mol. The maximum absolute atomic E-state index is 12.7. The number of likely N-dealkylation sites (N-methyl/N-ethyl adjacent to an activating group) is 1. The van der Waals surface area contributed by atoms with Gasteiger partial charge in [-0.3, -0.25) is 9.69 Å². The van der Waals surface area contributed by atoms with Gasteiger partial charge in [-0.1, -0.05) is 30.3 Å². The van der Waals surface area contributed by atoms with Gasteiger partial charge in [-0.2, -0.15) is 0 Å². The van der Waals surface area contributed by atoms with Crippen LogP contribution in [-0.4, -0.2) is 59.6 Å². The van der Waals surface area contributed by atoms with Crippen molar-refractivity contribution >= 4 is 12.0 Å². The summed E-state index contributed by atoms with van der Waals surface area (Å²) in [7, 11) is 0. The number of rotatable bonds is 6. The van der Waals surface area contributed by atoms with Crippen LogP contribution in [-0.2, 0) is 16.1 Å². The van der Waals surface area contributed by atoms with Crippen molar-refractivity contribution in [2.45, 2.75) is 58.7 Å². The van der Waals surface area contributed by atoms with E-state index in [1.165, 1.54) is 0 Å². The molecule has 0 radical (unpaired) electrons. The Morgan fingerprint density at radius 2 is 1.81 bits per heavy atom. The first kappa shape index (κ1) is 21.2. The van der Waals surface area contributed by atoms with Gasteiger partial charge in [-0.05, 0) is 46.1 Å². The van der Waals surface area contributed by atoms with Crippen LogP contribution in [0.5, 0.6) is 0 Å². The molecule has 1 N–H and O–H groups in total. The molecule has 1 fully saturated rings. The molecule has 2 amide bonds. The number of piperidine rings is 1. The maximum Gasteiger partial charge on any atom is 0.407 e. The van der Waals surface area contributed by atoms with Crippen molar-refractivity contribution in [2.24, 2.45) is 0 Å². The van der Waals surface area contributed by atoms with Crippen molar-refractivity contribution in [3.8, 4) is 0 Å². The molecule has 1 aromatic carbocycles. The van der Waals surface area contributed by atoms with E-state index in [0.717, 1.165) is 31.5 Å². The van der Waals surface area contributed by atoms with E-state index in [2.05, 4.69) is 10.2 Å². The van der Waals surface area contributed by atoms with Gasteiger partial charge in [-0.15, -0.1) is 0 Å². The number of ether oxygens (including phenoxy) is 1. The van der Waals surface area contributed by atoms with Crippen molar-refractivity contribution < 1.29 is 14.3 Å². The second-order valence-corrected chi connectivity index (χ2v) is 8.09. The van der Waals surface area contributed by atoms with Gasteiger partial charge in [0.25, 0.3) is 0 Å². The van der Waals surface area contributed by atoms with Crippen LogP contribution in [0.1, 0.15) is 46.1 Å². The Hall–Kier alpha value is -2.08. The average molecular weight is 376 g/mol. The van der Waals surface area contributed by atoms with Crippen molar-refractivity contribution in [2.75, 3.05) is 26.2 Å². The molecule has 0 unspecified atom stereocenters. The minimum absolute atomic E-state index is 0.109. The van der Waals surface area contributed by atoms with Gasteiger partial charge in [0, 0.05) is 32.2 Å². The molecule has 27 heavy (non-hydrogen) atoms. The van der Waals surface area contributed by atoms with Gasteiger partial charge in [0.05, 0.1) is 6.54 Å². The Labute approximate surface area is 162 Å². The van der Waals surface area contributed by atoms with Gasteiger partial charge < -0.3 is 15.0 Å². The lowest BCUT2D eigenvalue weighted by atomic mass is 10.1. The number of carbonyl (C=O) groups is 2. The van der Waals surface area contributed by atoms with Crippen LogP contribution in [0, 0.1) is 0 Å². The molecule has 150 valence electrons. The van der Waals surface area contributed by atoms with E-state index in [1.807, 2.05) is 62.9 Å². The summed E-state index contributed by atoms with van der Waals surface area (Å²) in [6.07, 6.45) is 1.30. The Morgan fingerprint density at radius 1 is 1.19 bits per heavy atom. The summed E-state index contributed by atoms with van der Waals surface area (Å²) in [6.45, 7) is 11.0. The highest BCUT2D eigenvalue weighted by molar-refractivity contribution is 5.78. The molecule has 1 saturated heterocycles. The number of nitrogens with zero attached hydrogens (tertiary/aromatic N) is 2. The van der Waals surface area contributed by atoms with E-state index in [-0.39, 0.29) is 18.0 Å². The normalized spacial score (nSPS) is 16.0. The lowest BCUT2D eigenvalue weighted by Gasteiger charge is -2.33. The molecule has 1 aliphatic heterocycles. The highest BCUT2D eigenvalue weighted by Gasteiger charge is 2.25. The zero-order chi connectivity index (χ0) is 19.9. The highest BCUT2D eigenvalue weighted by Crippen LogP contribution is 2.13. The number of alkyl carbamates (subject to hydrolysis) is 1. The van der Waals surface area contributed by atoms with Crippen LogP contribution >= 0.6 is 0 Å². The molecular formula is C21H33N3O3. The van der Waals surface area contributed by atoms with Gasteiger partial charge in [0.2, 0.25) is 5.91 Å². The van der Waals surface area contributed by atoms with Crippen LogP contribution < -0.4 is 5.32 Å². The third-order valence-electron chi connectivity index (χ3n) is 4.62. The van der Waals surface area contributed by atoms with Gasteiger partial charge >= 0.3 is 6.09 Å². The number of nitrogens with one attached hydrogen (secondary N) is 1. The second kappa shape index (κ2) is 9.74. The van der Waals surface area contributed by atoms with Crippen molar-refractivity contribution in [3.05, 3.63) is 35.9 Å². The van der Waals surface area contributed by atoms with Gasteiger partial charge in [0.15, 0.2) is 0 Å². The van der Waals surface area contributed by atoms with Crippen molar-refractivity contribution in [1.82, 2.24) is 15.1 Å². The van der Waals surface area contributed by atoms with Crippen molar-refractivity contribution in [1.29, 1.82) is 0 Å². The van der Waals surface area contributed by atoms with Crippen LogP contribution in [0.4, 0.5) is 4.79 Å². The number of amides is 2. The molecule has 1 aromatic rings.